The fraction of sp³-hybridized carbons (Fsp3) is 0.533. The normalized spacial score (nSPS) is 18.9. The summed E-state index contributed by atoms with van der Waals surface area (Å²) >= 11 is 5.70. The Kier molecular flexibility index (Phi) is 5.24. The molecule has 0 bridgehead atoms. The lowest BCUT2D eigenvalue weighted by Gasteiger charge is -2.31. The van der Waals surface area contributed by atoms with Crippen LogP contribution in [0, 0.1) is 11.7 Å². The largest absolute Gasteiger partial charge is 0.384 e. The lowest BCUT2D eigenvalue weighted by Crippen LogP contribution is -2.39. The number of halogens is 2. The SMILES string of the molecule is CC1CCCN(C(=O)CCNc2ccc(F)c(Cl)c2)C1. The van der Waals surface area contributed by atoms with Crippen molar-refractivity contribution < 1.29 is 9.18 Å². The van der Waals surface area contributed by atoms with E-state index in [0.29, 0.717) is 18.9 Å². The quantitative estimate of drug-likeness (QED) is 0.922. The van der Waals surface area contributed by atoms with Gasteiger partial charge in [-0.25, -0.2) is 4.39 Å². The highest BCUT2D eigenvalue weighted by Crippen LogP contribution is 2.19. The number of amides is 1. The smallest absolute Gasteiger partial charge is 0.224 e. The van der Waals surface area contributed by atoms with Gasteiger partial charge in [0.1, 0.15) is 5.82 Å². The van der Waals surface area contributed by atoms with Gasteiger partial charge in [-0.3, -0.25) is 4.79 Å². The molecule has 20 heavy (non-hydrogen) atoms. The van der Waals surface area contributed by atoms with Crippen LogP contribution in [0.3, 0.4) is 0 Å². The minimum Gasteiger partial charge on any atom is -0.384 e. The molecule has 1 N–H and O–H groups in total. The van der Waals surface area contributed by atoms with Gasteiger partial charge in [0.2, 0.25) is 5.91 Å². The average Bonchev–Trinajstić information content (AvgIpc) is 2.42. The van der Waals surface area contributed by atoms with Gasteiger partial charge in [0.05, 0.1) is 5.02 Å². The highest BCUT2D eigenvalue weighted by atomic mass is 35.5. The zero-order valence-corrected chi connectivity index (χ0v) is 12.4. The molecule has 1 unspecified atom stereocenters. The molecule has 3 nitrogen and oxygen atoms in total. The van der Waals surface area contributed by atoms with E-state index in [2.05, 4.69) is 12.2 Å². The summed E-state index contributed by atoms with van der Waals surface area (Å²) < 4.78 is 13.0. The monoisotopic (exact) mass is 298 g/mol. The summed E-state index contributed by atoms with van der Waals surface area (Å²) in [5.74, 6) is 0.337. The van der Waals surface area contributed by atoms with Gasteiger partial charge in [-0.15, -0.1) is 0 Å². The van der Waals surface area contributed by atoms with Crippen molar-refractivity contribution in [2.75, 3.05) is 25.0 Å². The number of likely N-dealkylation sites (tertiary alicyclic amines) is 1. The van der Waals surface area contributed by atoms with E-state index in [-0.39, 0.29) is 10.9 Å². The van der Waals surface area contributed by atoms with E-state index >= 15 is 0 Å². The number of nitrogens with zero attached hydrogens (tertiary/aromatic N) is 1. The Labute approximate surface area is 124 Å². The molecule has 0 spiro atoms. The fourth-order valence-corrected chi connectivity index (χ4v) is 2.67. The van der Waals surface area contributed by atoms with Gasteiger partial charge in [0.15, 0.2) is 0 Å². The van der Waals surface area contributed by atoms with Gasteiger partial charge in [-0.05, 0) is 37.0 Å². The Balaban J connectivity index is 1.77. The molecule has 1 aromatic rings. The summed E-state index contributed by atoms with van der Waals surface area (Å²) in [4.78, 5) is 14.0. The minimum atomic E-state index is -0.435. The van der Waals surface area contributed by atoms with E-state index in [1.807, 2.05) is 4.90 Å². The molecule has 1 aliphatic rings. The van der Waals surface area contributed by atoms with E-state index < -0.39 is 5.82 Å². The summed E-state index contributed by atoms with van der Waals surface area (Å²) in [5.41, 5.74) is 0.733. The second kappa shape index (κ2) is 6.93. The van der Waals surface area contributed by atoms with Crippen LogP contribution in [0.4, 0.5) is 10.1 Å². The third-order valence-electron chi connectivity index (χ3n) is 3.60. The van der Waals surface area contributed by atoms with Crippen LogP contribution < -0.4 is 5.32 Å². The predicted octanol–water partition coefficient (Wildman–Crippen LogP) is 3.54. The molecule has 110 valence electrons. The molecular formula is C15H20ClFN2O. The Morgan fingerprint density at radius 1 is 1.55 bits per heavy atom. The minimum absolute atomic E-state index is 0.0891. The Morgan fingerprint density at radius 2 is 2.35 bits per heavy atom. The molecule has 0 saturated carbocycles. The van der Waals surface area contributed by atoms with Crippen LogP contribution in [0.1, 0.15) is 26.2 Å². The molecule has 1 aromatic carbocycles. The maximum Gasteiger partial charge on any atom is 0.224 e. The second-order valence-corrected chi connectivity index (χ2v) is 5.80. The molecule has 1 amide bonds. The lowest BCUT2D eigenvalue weighted by molar-refractivity contribution is -0.132. The van der Waals surface area contributed by atoms with Crippen molar-refractivity contribution in [3.8, 4) is 0 Å². The van der Waals surface area contributed by atoms with Crippen molar-refractivity contribution in [1.82, 2.24) is 4.90 Å². The summed E-state index contributed by atoms with van der Waals surface area (Å²) in [6, 6.07) is 4.47. The molecule has 1 atom stereocenters. The van der Waals surface area contributed by atoms with Crippen molar-refractivity contribution in [1.29, 1.82) is 0 Å². The first-order valence-electron chi connectivity index (χ1n) is 7.03. The number of nitrogens with one attached hydrogen (secondary N) is 1. The first-order chi connectivity index (χ1) is 9.56. The third-order valence-corrected chi connectivity index (χ3v) is 3.89. The molecule has 1 heterocycles. The van der Waals surface area contributed by atoms with Crippen LogP contribution in [0.15, 0.2) is 18.2 Å². The third kappa shape index (κ3) is 4.10. The summed E-state index contributed by atoms with van der Waals surface area (Å²) in [6.07, 6.45) is 2.74. The molecule has 1 saturated heterocycles. The molecule has 5 heteroatoms. The van der Waals surface area contributed by atoms with Gasteiger partial charge in [-0.1, -0.05) is 18.5 Å². The first-order valence-corrected chi connectivity index (χ1v) is 7.41. The lowest BCUT2D eigenvalue weighted by atomic mass is 10.00. The number of hydrogen-bond acceptors (Lipinski definition) is 2. The number of carbonyl (C=O) groups excluding carboxylic acids is 1. The number of hydrogen-bond donors (Lipinski definition) is 1. The molecule has 0 aliphatic carbocycles. The topological polar surface area (TPSA) is 32.3 Å². The van der Waals surface area contributed by atoms with Crippen LogP contribution in [-0.2, 0) is 4.79 Å². The molecule has 0 radical (unpaired) electrons. The van der Waals surface area contributed by atoms with E-state index in [1.54, 1.807) is 6.07 Å². The number of piperidine rings is 1. The fourth-order valence-electron chi connectivity index (χ4n) is 2.49. The van der Waals surface area contributed by atoms with Gasteiger partial charge < -0.3 is 10.2 Å². The average molecular weight is 299 g/mol. The molecule has 0 aromatic heterocycles. The highest BCUT2D eigenvalue weighted by molar-refractivity contribution is 6.31. The number of carbonyl (C=O) groups is 1. The maximum absolute atomic E-state index is 13.0. The van der Waals surface area contributed by atoms with E-state index in [0.717, 1.165) is 25.2 Å². The van der Waals surface area contributed by atoms with Gasteiger partial charge in [-0.2, -0.15) is 0 Å². The molecule has 1 fully saturated rings. The van der Waals surface area contributed by atoms with E-state index in [9.17, 15) is 9.18 Å². The van der Waals surface area contributed by atoms with Gasteiger partial charge in [0.25, 0.3) is 0 Å². The van der Waals surface area contributed by atoms with Crippen molar-refractivity contribution in [3.05, 3.63) is 29.0 Å². The van der Waals surface area contributed by atoms with Crippen LogP contribution in [-0.4, -0.2) is 30.4 Å². The Bertz CT molecular complexity index is 481. The van der Waals surface area contributed by atoms with Crippen LogP contribution >= 0.6 is 11.6 Å². The van der Waals surface area contributed by atoms with Crippen molar-refractivity contribution in [3.63, 3.8) is 0 Å². The summed E-state index contributed by atoms with van der Waals surface area (Å²) in [5, 5.41) is 3.18. The Morgan fingerprint density at radius 3 is 3.05 bits per heavy atom. The molecule has 2 rings (SSSR count). The van der Waals surface area contributed by atoms with Crippen LogP contribution in [0.25, 0.3) is 0 Å². The van der Waals surface area contributed by atoms with Crippen molar-refractivity contribution in [2.45, 2.75) is 26.2 Å². The van der Waals surface area contributed by atoms with Gasteiger partial charge >= 0.3 is 0 Å². The van der Waals surface area contributed by atoms with E-state index in [1.165, 1.54) is 18.6 Å². The van der Waals surface area contributed by atoms with Crippen molar-refractivity contribution in [2.24, 2.45) is 5.92 Å². The first kappa shape index (κ1) is 15.1. The van der Waals surface area contributed by atoms with Crippen molar-refractivity contribution >= 4 is 23.2 Å². The van der Waals surface area contributed by atoms with Crippen LogP contribution in [0.2, 0.25) is 5.02 Å². The molecule has 1 aliphatic heterocycles. The Hall–Kier alpha value is -1.29. The zero-order valence-electron chi connectivity index (χ0n) is 11.7. The number of rotatable bonds is 4. The van der Waals surface area contributed by atoms with Crippen LogP contribution in [0.5, 0.6) is 0 Å². The zero-order chi connectivity index (χ0) is 14.5. The second-order valence-electron chi connectivity index (χ2n) is 5.39. The highest BCUT2D eigenvalue weighted by Gasteiger charge is 2.20. The number of anilines is 1. The summed E-state index contributed by atoms with van der Waals surface area (Å²) in [7, 11) is 0. The molecular weight excluding hydrogens is 279 g/mol. The van der Waals surface area contributed by atoms with Gasteiger partial charge in [0, 0.05) is 31.7 Å². The standard InChI is InChI=1S/C15H20ClFN2O/c1-11-3-2-8-19(10-11)15(20)6-7-18-12-4-5-14(17)13(16)9-12/h4-5,9,11,18H,2-3,6-8,10H2,1H3. The number of benzene rings is 1. The maximum atomic E-state index is 13.0. The van der Waals surface area contributed by atoms with E-state index in [4.69, 9.17) is 11.6 Å². The summed E-state index contributed by atoms with van der Waals surface area (Å²) in [6.45, 7) is 4.44. The predicted molar refractivity (Wildman–Crippen MR) is 79.5 cm³/mol.